The molecule has 0 spiro atoms. The van der Waals surface area contributed by atoms with Crippen LogP contribution in [0.15, 0.2) is 18.2 Å². The minimum atomic E-state index is -0.772. The zero-order chi connectivity index (χ0) is 12.3. The molecule has 1 rings (SSSR count). The summed E-state index contributed by atoms with van der Waals surface area (Å²) >= 11 is 0. The zero-order valence-corrected chi connectivity index (χ0v) is 11.0. The highest BCUT2D eigenvalue weighted by Crippen LogP contribution is 2.28. The van der Waals surface area contributed by atoms with Gasteiger partial charge < -0.3 is 10.4 Å². The van der Waals surface area contributed by atoms with Crippen molar-refractivity contribution in [3.8, 4) is 0 Å². The molecule has 2 heteroatoms. The Kier molecular flexibility index (Phi) is 4.11. The van der Waals surface area contributed by atoms with Crippen LogP contribution in [0.4, 0.5) is 0 Å². The predicted octanol–water partition coefficient (Wildman–Crippen LogP) is 2.89. The summed E-state index contributed by atoms with van der Waals surface area (Å²) in [5.41, 5.74) is 2.69. The third-order valence-electron chi connectivity index (χ3n) is 3.01. The largest absolute Gasteiger partial charge is 0.386 e. The maximum Gasteiger partial charge on any atom is 0.0843 e. The fraction of sp³-hybridized carbons (Fsp3) is 0.571. The molecule has 2 N–H and O–H groups in total. The molecule has 1 atom stereocenters. The van der Waals surface area contributed by atoms with E-state index in [1.165, 1.54) is 11.1 Å². The number of aliphatic hydroxyl groups is 1. The van der Waals surface area contributed by atoms with Crippen LogP contribution in [0.25, 0.3) is 0 Å². The number of nitrogens with one attached hydrogen (secondary N) is 1. The van der Waals surface area contributed by atoms with Crippen molar-refractivity contribution in [2.75, 3.05) is 6.54 Å². The maximum absolute atomic E-state index is 10.1. The molecular weight excluding hydrogens is 198 g/mol. The van der Waals surface area contributed by atoms with E-state index in [1.54, 1.807) is 0 Å². The summed E-state index contributed by atoms with van der Waals surface area (Å²) in [4.78, 5) is 0. The Hall–Kier alpha value is -0.860. The molecule has 16 heavy (non-hydrogen) atoms. The first kappa shape index (κ1) is 13.2. The van der Waals surface area contributed by atoms with Crippen molar-refractivity contribution >= 4 is 0 Å². The second-order valence-electron chi connectivity index (χ2n) is 4.86. The lowest BCUT2D eigenvalue weighted by molar-refractivity contribution is 0.0778. The molecule has 0 unspecified atom stereocenters. The smallest absolute Gasteiger partial charge is 0.0843 e. The quantitative estimate of drug-likeness (QED) is 0.819. The van der Waals surface area contributed by atoms with E-state index in [-0.39, 0.29) is 0 Å². The monoisotopic (exact) mass is 221 g/mol. The summed E-state index contributed by atoms with van der Waals surface area (Å²) < 4.78 is 0. The van der Waals surface area contributed by atoms with Crippen LogP contribution in [0.1, 0.15) is 50.4 Å². The lowest BCUT2D eigenvalue weighted by atomic mass is 9.89. The Bertz CT molecular complexity index is 352. The minimum Gasteiger partial charge on any atom is -0.386 e. The van der Waals surface area contributed by atoms with E-state index >= 15 is 0 Å². The van der Waals surface area contributed by atoms with Crippen LogP contribution >= 0.6 is 0 Å². The van der Waals surface area contributed by atoms with Crippen molar-refractivity contribution in [2.45, 2.75) is 46.3 Å². The Morgan fingerprint density at radius 2 is 2.00 bits per heavy atom. The summed E-state index contributed by atoms with van der Waals surface area (Å²) in [5.74, 6) is 0. The van der Waals surface area contributed by atoms with E-state index in [1.807, 2.05) is 26.0 Å². The third-order valence-corrected chi connectivity index (χ3v) is 3.01. The Morgan fingerprint density at radius 3 is 2.50 bits per heavy atom. The van der Waals surface area contributed by atoms with Gasteiger partial charge in [-0.05, 0) is 50.9 Å². The topological polar surface area (TPSA) is 32.3 Å². The molecule has 0 heterocycles. The zero-order valence-electron chi connectivity index (χ0n) is 11.0. The maximum atomic E-state index is 10.1. The fourth-order valence-electron chi connectivity index (χ4n) is 2.20. The fourth-order valence-corrected chi connectivity index (χ4v) is 2.20. The van der Waals surface area contributed by atoms with Crippen molar-refractivity contribution in [2.24, 2.45) is 0 Å². The molecular formula is C14H23NO. The molecule has 0 aromatic heterocycles. The first-order valence-electron chi connectivity index (χ1n) is 5.93. The Labute approximate surface area is 98.7 Å². The molecule has 90 valence electrons. The molecule has 2 nitrogen and oxygen atoms in total. The minimum absolute atomic E-state index is 0.326. The van der Waals surface area contributed by atoms with E-state index in [0.29, 0.717) is 6.04 Å². The molecule has 0 saturated heterocycles. The lowest BCUT2D eigenvalue weighted by Crippen LogP contribution is -2.22. The predicted molar refractivity (Wildman–Crippen MR) is 68.5 cm³/mol. The van der Waals surface area contributed by atoms with Gasteiger partial charge in [0.2, 0.25) is 0 Å². The van der Waals surface area contributed by atoms with Crippen LogP contribution in [-0.2, 0) is 5.60 Å². The van der Waals surface area contributed by atoms with E-state index in [9.17, 15) is 5.11 Å². The van der Waals surface area contributed by atoms with Crippen molar-refractivity contribution in [1.29, 1.82) is 0 Å². The van der Waals surface area contributed by atoms with E-state index < -0.39 is 5.60 Å². The molecule has 1 aromatic rings. The highest BCUT2D eigenvalue weighted by atomic mass is 16.3. The van der Waals surface area contributed by atoms with E-state index in [2.05, 4.69) is 32.2 Å². The van der Waals surface area contributed by atoms with Crippen LogP contribution in [0.2, 0.25) is 0 Å². The summed E-state index contributed by atoms with van der Waals surface area (Å²) in [6, 6.07) is 6.46. The summed E-state index contributed by atoms with van der Waals surface area (Å²) in [6.07, 6.45) is 0. The highest BCUT2D eigenvalue weighted by Gasteiger charge is 2.20. The first-order valence-corrected chi connectivity index (χ1v) is 5.93. The van der Waals surface area contributed by atoms with Gasteiger partial charge in [-0.1, -0.05) is 25.1 Å². The summed E-state index contributed by atoms with van der Waals surface area (Å²) in [5, 5.41) is 13.5. The molecule has 0 aliphatic rings. The van der Waals surface area contributed by atoms with E-state index in [0.717, 1.165) is 12.1 Å². The van der Waals surface area contributed by atoms with Gasteiger partial charge >= 0.3 is 0 Å². The standard InChI is InChI=1S/C14H23NO/c1-6-15-11(3)12-8-7-9-13(10(12)2)14(4,5)16/h7-9,11,15-16H,6H2,1-5H3/t11-/m1/s1. The molecule has 0 fully saturated rings. The number of hydrogen-bond acceptors (Lipinski definition) is 2. The molecule has 1 aromatic carbocycles. The van der Waals surface area contributed by atoms with Gasteiger partial charge in [-0.3, -0.25) is 0 Å². The van der Waals surface area contributed by atoms with Crippen LogP contribution in [0.5, 0.6) is 0 Å². The van der Waals surface area contributed by atoms with Gasteiger partial charge in [-0.25, -0.2) is 0 Å². The summed E-state index contributed by atoms with van der Waals surface area (Å²) in [7, 11) is 0. The first-order chi connectivity index (χ1) is 7.38. The SMILES string of the molecule is CCN[C@H](C)c1cccc(C(C)(C)O)c1C. The Morgan fingerprint density at radius 1 is 1.38 bits per heavy atom. The van der Waals surface area contributed by atoms with Crippen LogP contribution < -0.4 is 5.32 Å². The van der Waals surface area contributed by atoms with Gasteiger partial charge in [0.1, 0.15) is 0 Å². The normalized spacial score (nSPS) is 13.9. The van der Waals surface area contributed by atoms with Crippen LogP contribution in [-0.4, -0.2) is 11.7 Å². The average molecular weight is 221 g/mol. The molecule has 0 aliphatic heterocycles. The van der Waals surface area contributed by atoms with Gasteiger partial charge in [0.15, 0.2) is 0 Å². The number of rotatable bonds is 4. The Balaban J connectivity index is 3.14. The lowest BCUT2D eigenvalue weighted by Gasteiger charge is -2.24. The second-order valence-corrected chi connectivity index (χ2v) is 4.86. The third kappa shape index (κ3) is 2.83. The molecule has 0 amide bonds. The number of hydrogen-bond donors (Lipinski definition) is 2. The highest BCUT2D eigenvalue weighted by molar-refractivity contribution is 5.38. The molecule has 0 saturated carbocycles. The van der Waals surface area contributed by atoms with Gasteiger partial charge in [0.25, 0.3) is 0 Å². The number of benzene rings is 1. The van der Waals surface area contributed by atoms with Crippen molar-refractivity contribution in [3.63, 3.8) is 0 Å². The van der Waals surface area contributed by atoms with Crippen LogP contribution in [0.3, 0.4) is 0 Å². The van der Waals surface area contributed by atoms with Gasteiger partial charge in [-0.2, -0.15) is 0 Å². The molecule has 0 radical (unpaired) electrons. The average Bonchev–Trinajstić information content (AvgIpc) is 2.16. The summed E-state index contributed by atoms with van der Waals surface area (Å²) in [6.45, 7) is 10.9. The molecule has 0 bridgehead atoms. The second kappa shape index (κ2) is 4.98. The van der Waals surface area contributed by atoms with Gasteiger partial charge in [-0.15, -0.1) is 0 Å². The van der Waals surface area contributed by atoms with Crippen molar-refractivity contribution in [3.05, 3.63) is 34.9 Å². The van der Waals surface area contributed by atoms with Crippen molar-refractivity contribution in [1.82, 2.24) is 5.32 Å². The molecule has 0 aliphatic carbocycles. The van der Waals surface area contributed by atoms with Crippen LogP contribution in [0, 0.1) is 6.92 Å². The van der Waals surface area contributed by atoms with Gasteiger partial charge in [0, 0.05) is 6.04 Å². The van der Waals surface area contributed by atoms with Gasteiger partial charge in [0.05, 0.1) is 5.60 Å². The van der Waals surface area contributed by atoms with E-state index in [4.69, 9.17) is 0 Å². The van der Waals surface area contributed by atoms with Crippen molar-refractivity contribution < 1.29 is 5.11 Å².